The van der Waals surface area contributed by atoms with E-state index < -0.39 is 51.4 Å². The fraction of sp³-hybridized carbons (Fsp3) is 0.538. The number of amides is 1. The van der Waals surface area contributed by atoms with Gasteiger partial charge in [0.15, 0.2) is 9.84 Å². The Morgan fingerprint density at radius 1 is 1.13 bits per heavy atom. The summed E-state index contributed by atoms with van der Waals surface area (Å²) in [7, 11) is -2.38. The summed E-state index contributed by atoms with van der Waals surface area (Å²) >= 11 is 0. The van der Waals surface area contributed by atoms with Gasteiger partial charge in [-0.1, -0.05) is 12.1 Å². The van der Waals surface area contributed by atoms with Crippen LogP contribution >= 0.6 is 0 Å². The molecule has 2 aliphatic rings. The van der Waals surface area contributed by atoms with E-state index in [0.29, 0.717) is 5.56 Å². The summed E-state index contributed by atoms with van der Waals surface area (Å²) in [5.41, 5.74) is -0.916. The van der Waals surface area contributed by atoms with Gasteiger partial charge in [-0.25, -0.2) is 22.2 Å². The van der Waals surface area contributed by atoms with Gasteiger partial charge in [0.1, 0.15) is 11.3 Å². The minimum absolute atomic E-state index is 0.0166. The topological polar surface area (TPSA) is 85.4 Å². The zero-order valence-corrected chi connectivity index (χ0v) is 21.8. The summed E-state index contributed by atoms with van der Waals surface area (Å²) in [4.78, 5) is 16.9. The van der Waals surface area contributed by atoms with Crippen LogP contribution in [0.5, 0.6) is 5.88 Å². The molecule has 0 spiro atoms. The number of methoxy groups -OCH3 is 1. The van der Waals surface area contributed by atoms with Crippen molar-refractivity contribution < 1.29 is 39.9 Å². The van der Waals surface area contributed by atoms with Crippen molar-refractivity contribution in [3.8, 4) is 5.88 Å². The lowest BCUT2D eigenvalue weighted by Crippen LogP contribution is -2.37. The molecule has 1 atom stereocenters. The standard InChI is InChI=1S/C26H29F5N2O4S/c1-15-13-20(26(29,30)31)32-24(37-2)21(15)23(34)33-22(18-9-11-25(27,28)12-10-18)17-5-7-19(8-6-17)38(35,36)14-16-3-4-16/h5-8,13,16,18,22H,3-4,9-12,14H2,1-2H3,(H,33,34). The van der Waals surface area contributed by atoms with Crippen molar-refractivity contribution in [3.05, 3.63) is 52.7 Å². The van der Waals surface area contributed by atoms with Gasteiger partial charge >= 0.3 is 6.18 Å². The Bertz CT molecular complexity index is 1280. The number of carbonyl (C=O) groups excluding carboxylic acids is 1. The molecule has 0 radical (unpaired) electrons. The average molecular weight is 561 g/mol. The number of hydrogen-bond acceptors (Lipinski definition) is 5. The summed E-state index contributed by atoms with van der Waals surface area (Å²) in [5, 5.41) is 2.79. The van der Waals surface area contributed by atoms with Crippen LogP contribution in [0.2, 0.25) is 0 Å². The maximum absolute atomic E-state index is 13.9. The molecule has 1 amide bonds. The first-order valence-corrected chi connectivity index (χ1v) is 14.0. The van der Waals surface area contributed by atoms with Gasteiger partial charge < -0.3 is 10.1 Å². The number of nitrogens with one attached hydrogen (secondary N) is 1. The van der Waals surface area contributed by atoms with E-state index in [1.807, 2.05) is 0 Å². The number of sulfone groups is 1. The van der Waals surface area contributed by atoms with Gasteiger partial charge in [-0.2, -0.15) is 13.2 Å². The number of carbonyl (C=O) groups is 1. The molecule has 1 aromatic carbocycles. The van der Waals surface area contributed by atoms with Crippen LogP contribution in [0.3, 0.4) is 0 Å². The highest BCUT2D eigenvalue weighted by molar-refractivity contribution is 7.91. The number of alkyl halides is 5. The molecule has 38 heavy (non-hydrogen) atoms. The third kappa shape index (κ3) is 6.44. The molecule has 208 valence electrons. The van der Waals surface area contributed by atoms with Crippen molar-refractivity contribution in [3.63, 3.8) is 0 Å². The molecule has 1 N–H and O–H groups in total. The fourth-order valence-electron chi connectivity index (χ4n) is 4.87. The number of benzene rings is 1. The Morgan fingerprint density at radius 3 is 2.26 bits per heavy atom. The first kappa shape index (κ1) is 28.3. The number of pyridine rings is 1. The third-order valence-corrected chi connectivity index (χ3v) is 9.07. The van der Waals surface area contributed by atoms with Gasteiger partial charge in [-0.05, 0) is 73.8 Å². The van der Waals surface area contributed by atoms with E-state index in [4.69, 9.17) is 4.74 Å². The van der Waals surface area contributed by atoms with Crippen LogP contribution in [0.15, 0.2) is 35.2 Å². The molecule has 0 aliphatic heterocycles. The van der Waals surface area contributed by atoms with E-state index in [2.05, 4.69) is 10.3 Å². The largest absolute Gasteiger partial charge is 0.480 e. The SMILES string of the molecule is COc1nc(C(F)(F)F)cc(C)c1C(=O)NC(c1ccc(S(=O)(=O)CC2CC2)cc1)C1CCC(F)(F)CC1. The molecule has 1 unspecified atom stereocenters. The fourth-order valence-corrected chi connectivity index (χ4v) is 6.57. The molecule has 2 fully saturated rings. The van der Waals surface area contributed by atoms with Crippen LogP contribution in [0.1, 0.15) is 71.7 Å². The van der Waals surface area contributed by atoms with Crippen LogP contribution in [-0.4, -0.2) is 38.1 Å². The van der Waals surface area contributed by atoms with E-state index in [1.54, 1.807) is 12.1 Å². The first-order valence-electron chi connectivity index (χ1n) is 12.3. The molecule has 2 saturated carbocycles. The van der Waals surface area contributed by atoms with Crippen molar-refractivity contribution in [2.45, 2.75) is 68.5 Å². The van der Waals surface area contributed by atoms with E-state index in [0.717, 1.165) is 26.0 Å². The summed E-state index contributed by atoms with van der Waals surface area (Å²) < 4.78 is 97.7. The lowest BCUT2D eigenvalue weighted by atomic mass is 9.79. The average Bonchev–Trinajstić information content (AvgIpc) is 3.65. The highest BCUT2D eigenvalue weighted by atomic mass is 32.2. The zero-order chi connectivity index (χ0) is 27.9. The smallest absolute Gasteiger partial charge is 0.433 e. The van der Waals surface area contributed by atoms with Crippen molar-refractivity contribution in [2.75, 3.05) is 12.9 Å². The number of nitrogens with zero attached hydrogens (tertiary/aromatic N) is 1. The second kappa shape index (κ2) is 10.4. The zero-order valence-electron chi connectivity index (χ0n) is 20.9. The number of rotatable bonds is 8. The van der Waals surface area contributed by atoms with Gasteiger partial charge in [0.2, 0.25) is 11.8 Å². The summed E-state index contributed by atoms with van der Waals surface area (Å²) in [6.07, 6.45) is -3.55. The highest BCUT2D eigenvalue weighted by Gasteiger charge is 2.40. The summed E-state index contributed by atoms with van der Waals surface area (Å²) in [6.45, 7) is 1.32. The molecule has 1 heterocycles. The normalized spacial score (nSPS) is 19.1. The number of hydrogen-bond donors (Lipinski definition) is 1. The summed E-state index contributed by atoms with van der Waals surface area (Å²) in [6, 6.07) is 5.93. The molecule has 12 heteroatoms. The highest BCUT2D eigenvalue weighted by Crippen LogP contribution is 2.42. The molecule has 6 nitrogen and oxygen atoms in total. The Balaban J connectivity index is 1.65. The predicted octanol–water partition coefficient (Wildman–Crippen LogP) is 5.90. The van der Waals surface area contributed by atoms with Crippen LogP contribution in [0, 0.1) is 18.8 Å². The molecular weight excluding hydrogens is 531 g/mol. The van der Waals surface area contributed by atoms with E-state index >= 15 is 0 Å². The maximum Gasteiger partial charge on any atom is 0.433 e. The van der Waals surface area contributed by atoms with Gasteiger partial charge in [0.05, 0.1) is 23.8 Å². The Kier molecular flexibility index (Phi) is 7.75. The molecule has 0 saturated heterocycles. The quantitative estimate of drug-likeness (QED) is 0.407. The lowest BCUT2D eigenvalue weighted by Gasteiger charge is -2.34. The van der Waals surface area contributed by atoms with Crippen molar-refractivity contribution in [1.82, 2.24) is 10.3 Å². The maximum atomic E-state index is 13.9. The van der Waals surface area contributed by atoms with Gasteiger partial charge in [0.25, 0.3) is 5.91 Å². The predicted molar refractivity (Wildman–Crippen MR) is 129 cm³/mol. The van der Waals surface area contributed by atoms with Crippen LogP contribution < -0.4 is 10.1 Å². The lowest BCUT2D eigenvalue weighted by molar-refractivity contribution is -0.141. The molecule has 0 bridgehead atoms. The van der Waals surface area contributed by atoms with Crippen molar-refractivity contribution >= 4 is 15.7 Å². The third-order valence-electron chi connectivity index (χ3n) is 7.16. The van der Waals surface area contributed by atoms with Crippen LogP contribution in [0.25, 0.3) is 0 Å². The Labute approximate surface area is 217 Å². The first-order chi connectivity index (χ1) is 17.7. The monoisotopic (exact) mass is 560 g/mol. The van der Waals surface area contributed by atoms with E-state index in [9.17, 15) is 35.2 Å². The molecule has 2 aliphatic carbocycles. The minimum Gasteiger partial charge on any atom is -0.480 e. The van der Waals surface area contributed by atoms with Gasteiger partial charge in [-0.15, -0.1) is 0 Å². The molecular formula is C26H29F5N2O4S. The van der Waals surface area contributed by atoms with Crippen LogP contribution in [-0.2, 0) is 16.0 Å². The molecule has 4 rings (SSSR count). The van der Waals surface area contributed by atoms with Crippen LogP contribution in [0.4, 0.5) is 22.0 Å². The molecule has 2 aromatic rings. The van der Waals surface area contributed by atoms with Gasteiger partial charge in [-0.3, -0.25) is 4.79 Å². The Morgan fingerprint density at radius 2 is 1.74 bits per heavy atom. The van der Waals surface area contributed by atoms with E-state index in [1.165, 1.54) is 19.1 Å². The Hall–Kier alpha value is -2.76. The number of ether oxygens (including phenoxy) is 1. The molecule has 1 aromatic heterocycles. The number of aromatic nitrogens is 1. The second-order valence-electron chi connectivity index (χ2n) is 10.1. The summed E-state index contributed by atoms with van der Waals surface area (Å²) in [5.74, 6) is -4.28. The number of halogens is 5. The van der Waals surface area contributed by atoms with Gasteiger partial charge in [0, 0.05) is 12.8 Å². The van der Waals surface area contributed by atoms with E-state index in [-0.39, 0.29) is 53.4 Å². The second-order valence-corrected chi connectivity index (χ2v) is 12.2. The minimum atomic E-state index is -4.75. The van der Waals surface area contributed by atoms with Crippen molar-refractivity contribution in [1.29, 1.82) is 0 Å². The van der Waals surface area contributed by atoms with Crippen molar-refractivity contribution in [2.24, 2.45) is 11.8 Å². The number of aryl methyl sites for hydroxylation is 1.